The van der Waals surface area contributed by atoms with Gasteiger partial charge in [0.25, 0.3) is 0 Å². The van der Waals surface area contributed by atoms with Gasteiger partial charge in [0, 0.05) is 33.3 Å². The lowest BCUT2D eigenvalue weighted by atomic mass is 9.90. The van der Waals surface area contributed by atoms with Gasteiger partial charge in [-0.15, -0.1) is 0 Å². The summed E-state index contributed by atoms with van der Waals surface area (Å²) in [5.74, 6) is -0.656. The number of hydrogen-bond donors (Lipinski definition) is 0. The van der Waals surface area contributed by atoms with E-state index >= 15 is 8.78 Å². The van der Waals surface area contributed by atoms with E-state index in [0.29, 0.717) is 11.4 Å². The molecule has 0 aliphatic carbocycles. The Morgan fingerprint density at radius 1 is 0.289 bits per heavy atom. The molecule has 370 valence electrons. The monoisotopic (exact) mass is 988 g/mol. The van der Waals surface area contributed by atoms with E-state index in [4.69, 9.17) is 0 Å². The number of rotatable bonds is 10. The van der Waals surface area contributed by atoms with Crippen molar-refractivity contribution in [2.45, 2.75) is 55.4 Å². The third kappa shape index (κ3) is 8.54. The molecule has 0 aliphatic rings. The molecule has 0 unspecified atom stereocenters. The number of anilines is 6. The van der Waals surface area contributed by atoms with Crippen molar-refractivity contribution >= 4 is 66.4 Å². The first kappa shape index (κ1) is 48.1. The maximum absolute atomic E-state index is 18.1. The minimum Gasteiger partial charge on any atom is -0.307 e. The molecule has 0 fully saturated rings. The fourth-order valence-electron chi connectivity index (χ4n) is 11.4. The first-order valence-corrected chi connectivity index (χ1v) is 26.2. The molecule has 0 aliphatic heterocycles. The third-order valence-electron chi connectivity index (χ3n) is 15.5. The van der Waals surface area contributed by atoms with Crippen molar-refractivity contribution in [1.29, 1.82) is 0 Å². The molecule has 0 saturated heterocycles. The molecule has 12 rings (SSSR count). The predicted octanol–water partition coefficient (Wildman–Crippen LogP) is 20.9. The Morgan fingerprint density at radius 3 is 1.01 bits per heavy atom. The van der Waals surface area contributed by atoms with E-state index in [2.05, 4.69) is 247 Å². The van der Waals surface area contributed by atoms with Gasteiger partial charge in [0.1, 0.15) is 11.6 Å². The van der Waals surface area contributed by atoms with Gasteiger partial charge in [-0.2, -0.15) is 0 Å². The highest BCUT2D eigenvalue weighted by atomic mass is 19.1. The molecule has 76 heavy (non-hydrogen) atoms. The zero-order chi connectivity index (χ0) is 52.5. The Bertz CT molecular complexity index is 3990. The summed E-state index contributed by atoms with van der Waals surface area (Å²) < 4.78 is 36.1. The van der Waals surface area contributed by atoms with E-state index in [1.54, 1.807) is 12.1 Å². The second-order valence-electron chi connectivity index (χ2n) is 21.0. The van der Waals surface area contributed by atoms with Crippen molar-refractivity contribution in [3.05, 3.63) is 262 Å². The molecule has 0 aromatic heterocycles. The Morgan fingerprint density at radius 2 is 0.645 bits per heavy atom. The van der Waals surface area contributed by atoms with Gasteiger partial charge in [-0.3, -0.25) is 0 Å². The van der Waals surface area contributed by atoms with Crippen LogP contribution in [0.1, 0.15) is 44.5 Å². The van der Waals surface area contributed by atoms with E-state index in [9.17, 15) is 0 Å². The molecule has 0 atom stereocenters. The van der Waals surface area contributed by atoms with Gasteiger partial charge in [-0.25, -0.2) is 8.78 Å². The molecule has 0 heterocycles. The van der Waals surface area contributed by atoms with Crippen LogP contribution in [0.15, 0.2) is 206 Å². The van der Waals surface area contributed by atoms with Gasteiger partial charge in [-0.1, -0.05) is 168 Å². The van der Waals surface area contributed by atoms with Crippen molar-refractivity contribution in [1.82, 2.24) is 0 Å². The molecular formula is C72H58F2N2. The van der Waals surface area contributed by atoms with E-state index in [1.165, 1.54) is 0 Å². The first-order chi connectivity index (χ1) is 36.8. The molecule has 12 aromatic rings. The van der Waals surface area contributed by atoms with Crippen LogP contribution >= 0.6 is 0 Å². The molecule has 0 bridgehead atoms. The Labute approximate surface area is 445 Å². The lowest BCUT2D eigenvalue weighted by molar-refractivity contribution is 0.629. The van der Waals surface area contributed by atoms with Crippen LogP contribution in [-0.4, -0.2) is 0 Å². The average Bonchev–Trinajstić information content (AvgIpc) is 3.61. The molecule has 0 amide bonds. The predicted molar refractivity (Wildman–Crippen MR) is 319 cm³/mol. The summed E-state index contributed by atoms with van der Waals surface area (Å²) in [6.07, 6.45) is 0. The molecular weight excluding hydrogens is 931 g/mol. The van der Waals surface area contributed by atoms with Crippen LogP contribution in [-0.2, 0) is 0 Å². The number of benzene rings is 12. The normalized spacial score (nSPS) is 11.6. The van der Waals surface area contributed by atoms with E-state index in [0.717, 1.165) is 144 Å². The molecule has 4 heteroatoms. The van der Waals surface area contributed by atoms with Crippen LogP contribution in [0.5, 0.6) is 0 Å². The van der Waals surface area contributed by atoms with Crippen LogP contribution in [0, 0.1) is 67.0 Å². The molecule has 0 spiro atoms. The molecule has 0 radical (unpaired) electrons. The van der Waals surface area contributed by atoms with E-state index in [1.807, 2.05) is 12.1 Å². The smallest absolute Gasteiger partial charge is 0.148 e. The summed E-state index contributed by atoms with van der Waals surface area (Å²) in [4.78, 5) is 4.26. The van der Waals surface area contributed by atoms with Gasteiger partial charge < -0.3 is 9.80 Å². The molecule has 0 N–H and O–H groups in total. The fourth-order valence-corrected chi connectivity index (χ4v) is 11.4. The Hall–Kier alpha value is -8.86. The zero-order valence-corrected chi connectivity index (χ0v) is 44.3. The number of hydrogen-bond acceptors (Lipinski definition) is 2. The van der Waals surface area contributed by atoms with Crippen LogP contribution < -0.4 is 9.80 Å². The lowest BCUT2D eigenvalue weighted by Gasteiger charge is -2.32. The van der Waals surface area contributed by atoms with Crippen LogP contribution in [0.3, 0.4) is 0 Å². The zero-order valence-electron chi connectivity index (χ0n) is 44.3. The number of halogens is 2. The summed E-state index contributed by atoms with van der Waals surface area (Å²) in [5, 5.41) is 6.13. The van der Waals surface area contributed by atoms with Crippen molar-refractivity contribution < 1.29 is 8.78 Å². The minimum atomic E-state index is -0.328. The number of nitrogens with zero attached hydrogens (tertiary/aromatic N) is 2. The first-order valence-electron chi connectivity index (χ1n) is 26.2. The van der Waals surface area contributed by atoms with Crippen molar-refractivity contribution in [2.75, 3.05) is 9.80 Å². The maximum Gasteiger partial charge on any atom is 0.148 e. The van der Waals surface area contributed by atoms with Gasteiger partial charge in [0.05, 0.1) is 22.7 Å². The largest absolute Gasteiger partial charge is 0.307 e. The maximum atomic E-state index is 18.1. The van der Waals surface area contributed by atoms with Gasteiger partial charge in [0.2, 0.25) is 0 Å². The van der Waals surface area contributed by atoms with Crippen LogP contribution in [0.25, 0.3) is 76.8 Å². The summed E-state index contributed by atoms with van der Waals surface area (Å²) in [6, 6.07) is 71.2. The topological polar surface area (TPSA) is 6.48 Å². The summed E-state index contributed by atoms with van der Waals surface area (Å²) in [5.41, 5.74) is 20.2. The van der Waals surface area contributed by atoms with E-state index < -0.39 is 0 Å². The quantitative estimate of drug-likeness (QED) is 0.126. The summed E-state index contributed by atoms with van der Waals surface area (Å²) in [7, 11) is 0. The second kappa shape index (κ2) is 19.1. The highest BCUT2D eigenvalue weighted by Crippen LogP contribution is 2.52. The summed E-state index contributed by atoms with van der Waals surface area (Å²) in [6.45, 7) is 16.8. The average molecular weight is 989 g/mol. The van der Waals surface area contributed by atoms with Gasteiger partial charge in [-0.05, 0) is 193 Å². The van der Waals surface area contributed by atoms with Gasteiger partial charge in [0.15, 0.2) is 0 Å². The van der Waals surface area contributed by atoms with E-state index in [-0.39, 0.29) is 11.6 Å². The van der Waals surface area contributed by atoms with Crippen molar-refractivity contribution in [2.24, 2.45) is 0 Å². The van der Waals surface area contributed by atoms with Crippen LogP contribution in [0.4, 0.5) is 42.9 Å². The highest BCUT2D eigenvalue weighted by molar-refractivity contribution is 6.28. The minimum absolute atomic E-state index is 0.328. The van der Waals surface area contributed by atoms with Gasteiger partial charge >= 0.3 is 0 Å². The molecule has 12 aromatic carbocycles. The highest BCUT2D eigenvalue weighted by Gasteiger charge is 2.29. The molecule has 0 saturated carbocycles. The van der Waals surface area contributed by atoms with Crippen LogP contribution in [0.2, 0.25) is 0 Å². The van der Waals surface area contributed by atoms with Crippen molar-refractivity contribution in [3.8, 4) is 44.5 Å². The molecule has 2 nitrogen and oxygen atoms in total. The summed E-state index contributed by atoms with van der Waals surface area (Å²) >= 11 is 0. The fraction of sp³-hybridized carbons (Fsp3) is 0.111. The standard InChI is InChI=1S/C72H58F2N2/c1-43-13-9-17-53(33-43)57-39-63(55-19-11-15-45(3)35-55)71(65(73)41-57)75(59-27-21-47(5)49(7)37-59)67-31-25-51-24-30-62-68(32-26-52-23-29-61(67)69(51)70(52)62)76(60-28-22-48(6)50(8)38-60)72-64(56-20-12-16-46(4)36-56)40-58(42-66(72)74)54-18-10-14-44(2)34-54/h9-42H,1-8H3. The lowest BCUT2D eigenvalue weighted by Crippen LogP contribution is -2.15. The van der Waals surface area contributed by atoms with Crippen molar-refractivity contribution in [3.63, 3.8) is 0 Å². The Kier molecular flexibility index (Phi) is 12.1. The number of aryl methyl sites for hydroxylation is 8. The third-order valence-corrected chi connectivity index (χ3v) is 15.5. The second-order valence-corrected chi connectivity index (χ2v) is 21.0. The SMILES string of the molecule is Cc1cccc(-c2cc(F)c(N(c3ccc(C)c(C)c3)c3ccc4ccc5c(N(c6ccc(C)c(C)c6)c6c(F)cc(-c7cccc(C)c7)cc6-c6cccc(C)c6)ccc6ccc3c4c65)c(-c3cccc(C)c3)c2)c1. The Balaban J connectivity index is 1.14.